The molecule has 1 saturated carbocycles. The number of hydrogen-bond acceptors (Lipinski definition) is 3. The molecule has 0 aromatic heterocycles. The summed E-state index contributed by atoms with van der Waals surface area (Å²) in [7, 11) is 0. The SMILES string of the molecule is NC1(C(=O)NCc2cccc(CO)c2)CC1. The van der Waals surface area contributed by atoms with Crippen molar-refractivity contribution in [2.45, 2.75) is 31.5 Å². The zero-order chi connectivity index (χ0) is 11.6. The monoisotopic (exact) mass is 220 g/mol. The Morgan fingerprint density at radius 1 is 1.44 bits per heavy atom. The maximum absolute atomic E-state index is 11.6. The van der Waals surface area contributed by atoms with Crippen LogP contribution in [-0.4, -0.2) is 16.6 Å². The van der Waals surface area contributed by atoms with Crippen molar-refractivity contribution >= 4 is 5.91 Å². The second kappa shape index (κ2) is 4.23. The fourth-order valence-corrected chi connectivity index (χ4v) is 1.56. The van der Waals surface area contributed by atoms with Crippen molar-refractivity contribution < 1.29 is 9.90 Å². The van der Waals surface area contributed by atoms with Crippen molar-refractivity contribution in [3.63, 3.8) is 0 Å². The van der Waals surface area contributed by atoms with E-state index in [1.165, 1.54) is 0 Å². The summed E-state index contributed by atoms with van der Waals surface area (Å²) in [5.41, 5.74) is 6.97. The number of rotatable bonds is 4. The number of benzene rings is 1. The quantitative estimate of drug-likeness (QED) is 0.682. The lowest BCUT2D eigenvalue weighted by Crippen LogP contribution is -2.42. The standard InChI is InChI=1S/C12H16N2O2/c13-12(4-5-12)11(16)14-7-9-2-1-3-10(6-9)8-15/h1-3,6,15H,4-5,7-8,13H2,(H,14,16). The molecule has 0 spiro atoms. The number of aliphatic hydroxyl groups excluding tert-OH is 1. The summed E-state index contributed by atoms with van der Waals surface area (Å²) in [4.78, 5) is 11.6. The van der Waals surface area contributed by atoms with Gasteiger partial charge in [-0.15, -0.1) is 0 Å². The fraction of sp³-hybridized carbons (Fsp3) is 0.417. The minimum atomic E-state index is -0.616. The number of aliphatic hydroxyl groups is 1. The summed E-state index contributed by atoms with van der Waals surface area (Å²) in [5, 5.41) is 11.8. The summed E-state index contributed by atoms with van der Waals surface area (Å²) < 4.78 is 0. The highest BCUT2D eigenvalue weighted by Crippen LogP contribution is 2.32. The number of nitrogens with one attached hydrogen (secondary N) is 1. The van der Waals surface area contributed by atoms with E-state index in [1.807, 2.05) is 24.3 Å². The molecule has 0 bridgehead atoms. The van der Waals surface area contributed by atoms with E-state index >= 15 is 0 Å². The van der Waals surface area contributed by atoms with Gasteiger partial charge < -0.3 is 16.2 Å². The van der Waals surface area contributed by atoms with Crippen molar-refractivity contribution in [1.29, 1.82) is 0 Å². The van der Waals surface area contributed by atoms with Crippen LogP contribution in [0.1, 0.15) is 24.0 Å². The third-order valence-electron chi connectivity index (χ3n) is 2.87. The summed E-state index contributed by atoms with van der Waals surface area (Å²) in [6.45, 7) is 0.480. The molecule has 0 unspecified atom stereocenters. The van der Waals surface area contributed by atoms with Gasteiger partial charge in [0.25, 0.3) is 0 Å². The highest BCUT2D eigenvalue weighted by molar-refractivity contribution is 5.88. The van der Waals surface area contributed by atoms with Gasteiger partial charge in [0.2, 0.25) is 5.91 Å². The van der Waals surface area contributed by atoms with E-state index in [4.69, 9.17) is 10.8 Å². The number of hydrogen-bond donors (Lipinski definition) is 3. The van der Waals surface area contributed by atoms with Crippen molar-refractivity contribution in [3.8, 4) is 0 Å². The second-order valence-electron chi connectivity index (χ2n) is 4.32. The first-order chi connectivity index (χ1) is 7.64. The normalized spacial score (nSPS) is 16.9. The van der Waals surface area contributed by atoms with Crippen molar-refractivity contribution in [2.75, 3.05) is 0 Å². The first-order valence-electron chi connectivity index (χ1n) is 5.40. The summed E-state index contributed by atoms with van der Waals surface area (Å²) in [5.74, 6) is -0.0816. The van der Waals surface area contributed by atoms with Gasteiger partial charge in [0, 0.05) is 6.54 Å². The van der Waals surface area contributed by atoms with Crippen LogP contribution in [0.4, 0.5) is 0 Å². The predicted octanol–water partition coefficient (Wildman–Crippen LogP) is 0.286. The van der Waals surface area contributed by atoms with Gasteiger partial charge in [0.05, 0.1) is 12.1 Å². The molecule has 1 aromatic carbocycles. The van der Waals surface area contributed by atoms with Crippen LogP contribution in [0.25, 0.3) is 0 Å². The van der Waals surface area contributed by atoms with E-state index in [0.29, 0.717) is 6.54 Å². The molecule has 4 heteroatoms. The van der Waals surface area contributed by atoms with Gasteiger partial charge in [-0.3, -0.25) is 4.79 Å². The Hall–Kier alpha value is -1.39. The van der Waals surface area contributed by atoms with Gasteiger partial charge >= 0.3 is 0 Å². The number of amides is 1. The van der Waals surface area contributed by atoms with Gasteiger partial charge in [-0.1, -0.05) is 24.3 Å². The van der Waals surface area contributed by atoms with Gasteiger partial charge in [0.1, 0.15) is 0 Å². The zero-order valence-electron chi connectivity index (χ0n) is 9.07. The molecular weight excluding hydrogens is 204 g/mol. The largest absolute Gasteiger partial charge is 0.392 e. The van der Waals surface area contributed by atoms with E-state index < -0.39 is 5.54 Å². The molecule has 1 aliphatic rings. The second-order valence-corrected chi connectivity index (χ2v) is 4.32. The van der Waals surface area contributed by atoms with Crippen LogP contribution in [-0.2, 0) is 17.9 Å². The van der Waals surface area contributed by atoms with Crippen LogP contribution in [0.15, 0.2) is 24.3 Å². The average Bonchev–Trinajstić information content (AvgIpc) is 3.06. The van der Waals surface area contributed by atoms with Gasteiger partial charge in [-0.2, -0.15) is 0 Å². The molecule has 1 amide bonds. The first-order valence-corrected chi connectivity index (χ1v) is 5.40. The lowest BCUT2D eigenvalue weighted by molar-refractivity contribution is -0.123. The van der Waals surface area contributed by atoms with Crippen LogP contribution in [0.2, 0.25) is 0 Å². The molecular formula is C12H16N2O2. The molecule has 1 fully saturated rings. The summed E-state index contributed by atoms with van der Waals surface area (Å²) in [6.07, 6.45) is 1.55. The van der Waals surface area contributed by atoms with Crippen molar-refractivity contribution in [1.82, 2.24) is 5.32 Å². The van der Waals surface area contributed by atoms with E-state index in [1.54, 1.807) is 0 Å². The third-order valence-corrected chi connectivity index (χ3v) is 2.87. The lowest BCUT2D eigenvalue weighted by Gasteiger charge is -2.10. The zero-order valence-corrected chi connectivity index (χ0v) is 9.07. The third kappa shape index (κ3) is 2.40. The first kappa shape index (κ1) is 11.1. The molecule has 0 atom stereocenters. The average molecular weight is 220 g/mol. The smallest absolute Gasteiger partial charge is 0.240 e. The van der Waals surface area contributed by atoms with Crippen molar-refractivity contribution in [2.24, 2.45) is 5.73 Å². The van der Waals surface area contributed by atoms with Crippen LogP contribution >= 0.6 is 0 Å². The van der Waals surface area contributed by atoms with Gasteiger partial charge in [0.15, 0.2) is 0 Å². The maximum atomic E-state index is 11.6. The molecule has 0 heterocycles. The molecule has 86 valence electrons. The predicted molar refractivity (Wildman–Crippen MR) is 60.4 cm³/mol. The molecule has 16 heavy (non-hydrogen) atoms. The maximum Gasteiger partial charge on any atom is 0.240 e. The van der Waals surface area contributed by atoms with Crippen LogP contribution < -0.4 is 11.1 Å². The van der Waals surface area contributed by atoms with E-state index in [9.17, 15) is 4.79 Å². The Bertz CT molecular complexity index is 400. The Morgan fingerprint density at radius 2 is 2.12 bits per heavy atom. The highest BCUT2D eigenvalue weighted by Gasteiger charge is 2.45. The van der Waals surface area contributed by atoms with Crippen LogP contribution in [0, 0.1) is 0 Å². The number of carbonyl (C=O) groups excluding carboxylic acids is 1. The molecule has 1 aromatic rings. The van der Waals surface area contributed by atoms with Gasteiger partial charge in [-0.05, 0) is 24.0 Å². The highest BCUT2D eigenvalue weighted by atomic mass is 16.3. The number of nitrogens with two attached hydrogens (primary N) is 1. The molecule has 4 N–H and O–H groups in total. The summed E-state index contributed by atoms with van der Waals surface area (Å²) in [6, 6.07) is 7.49. The van der Waals surface area contributed by atoms with Crippen molar-refractivity contribution in [3.05, 3.63) is 35.4 Å². The Labute approximate surface area is 94.5 Å². The molecule has 4 nitrogen and oxygen atoms in total. The Balaban J connectivity index is 1.91. The Kier molecular flexibility index (Phi) is 2.94. The minimum Gasteiger partial charge on any atom is -0.392 e. The van der Waals surface area contributed by atoms with E-state index in [-0.39, 0.29) is 12.5 Å². The number of carbonyl (C=O) groups is 1. The molecule has 0 saturated heterocycles. The van der Waals surface area contributed by atoms with Gasteiger partial charge in [-0.25, -0.2) is 0 Å². The lowest BCUT2D eigenvalue weighted by atomic mass is 10.1. The van der Waals surface area contributed by atoms with E-state index in [2.05, 4.69) is 5.32 Å². The van der Waals surface area contributed by atoms with E-state index in [0.717, 1.165) is 24.0 Å². The molecule has 1 aliphatic carbocycles. The fourth-order valence-electron chi connectivity index (χ4n) is 1.56. The minimum absolute atomic E-state index is 0.0165. The molecule has 0 radical (unpaired) electrons. The molecule has 2 rings (SSSR count). The molecule has 0 aliphatic heterocycles. The van der Waals surface area contributed by atoms with Crippen LogP contribution in [0.3, 0.4) is 0 Å². The Morgan fingerprint density at radius 3 is 2.75 bits per heavy atom. The summed E-state index contributed by atoms with van der Waals surface area (Å²) >= 11 is 0. The topological polar surface area (TPSA) is 75.4 Å². The van der Waals surface area contributed by atoms with Crippen LogP contribution in [0.5, 0.6) is 0 Å².